The fourth-order valence-corrected chi connectivity index (χ4v) is 6.24. The van der Waals surface area contributed by atoms with Gasteiger partial charge in [0.25, 0.3) is 0 Å². The average Bonchev–Trinajstić information content (AvgIpc) is 3.30. The second-order valence-corrected chi connectivity index (χ2v) is 13.1. The van der Waals surface area contributed by atoms with Gasteiger partial charge in [-0.15, -0.1) is 0 Å². The van der Waals surface area contributed by atoms with Crippen molar-refractivity contribution >= 4 is 28.7 Å². The highest BCUT2D eigenvalue weighted by Gasteiger charge is 2.41. The predicted octanol–water partition coefficient (Wildman–Crippen LogP) is 6.71. The van der Waals surface area contributed by atoms with E-state index < -0.39 is 5.60 Å². The summed E-state index contributed by atoms with van der Waals surface area (Å²) in [4.78, 5) is 28.7. The van der Waals surface area contributed by atoms with Crippen molar-refractivity contribution in [1.82, 2.24) is 24.8 Å². The molecule has 0 bridgehead atoms. The minimum absolute atomic E-state index is 0.0740. The van der Waals surface area contributed by atoms with Crippen molar-refractivity contribution in [3.63, 3.8) is 0 Å². The summed E-state index contributed by atoms with van der Waals surface area (Å²) < 4.78 is 5.59. The molecule has 2 aromatic heterocycles. The van der Waals surface area contributed by atoms with Gasteiger partial charge in [-0.25, -0.2) is 14.8 Å². The number of aromatic nitrogens is 3. The van der Waals surface area contributed by atoms with E-state index in [1.807, 2.05) is 31.7 Å². The van der Waals surface area contributed by atoms with Crippen molar-refractivity contribution in [2.45, 2.75) is 77.9 Å². The van der Waals surface area contributed by atoms with Gasteiger partial charge in [-0.05, 0) is 102 Å². The van der Waals surface area contributed by atoms with Gasteiger partial charge in [0.1, 0.15) is 22.7 Å². The average molecular weight is 538 g/mol. The van der Waals surface area contributed by atoms with E-state index in [0.717, 1.165) is 67.7 Å². The fourth-order valence-electron chi connectivity index (χ4n) is 6.06. The number of ether oxygens (including phenoxy) is 1. The first kappa shape index (κ1) is 26.9. The van der Waals surface area contributed by atoms with Crippen LogP contribution in [0.2, 0.25) is 5.15 Å². The van der Waals surface area contributed by atoms with E-state index in [2.05, 4.69) is 58.0 Å². The number of likely N-dealkylation sites (tertiary alicyclic amines) is 2. The Balaban J connectivity index is 1.16. The third-order valence-electron chi connectivity index (χ3n) is 8.43. The Morgan fingerprint density at radius 1 is 1.00 bits per heavy atom. The summed E-state index contributed by atoms with van der Waals surface area (Å²) in [6.07, 6.45) is 6.85. The summed E-state index contributed by atoms with van der Waals surface area (Å²) in [6, 6.07) is 10.8. The number of carbonyl (C=O) groups is 1. The number of aromatic amines is 1. The Kier molecular flexibility index (Phi) is 7.20. The molecule has 0 atom stereocenters. The van der Waals surface area contributed by atoms with E-state index in [1.165, 1.54) is 24.7 Å². The van der Waals surface area contributed by atoms with Crippen molar-refractivity contribution in [2.24, 2.45) is 5.41 Å². The molecule has 0 unspecified atom stereocenters. The van der Waals surface area contributed by atoms with Gasteiger partial charge in [-0.1, -0.05) is 35.9 Å². The van der Waals surface area contributed by atoms with E-state index in [-0.39, 0.29) is 11.6 Å². The largest absolute Gasteiger partial charge is 0.444 e. The summed E-state index contributed by atoms with van der Waals surface area (Å²) in [7, 11) is 0. The zero-order chi connectivity index (χ0) is 27.1. The number of fused-ring (bicyclic) bond motifs is 1. The number of hydrogen-bond acceptors (Lipinski definition) is 5. The monoisotopic (exact) mass is 537 g/mol. The SMILES string of the molecule is CC(C)(C)OC(=O)N1CCC2(CC1)CCN(C(C)(C)Cc1ccc(-c3cc4c(Cl)ncnc4[nH]3)cc1)CC2. The first-order chi connectivity index (χ1) is 17.9. The Hall–Kier alpha value is -2.64. The maximum absolute atomic E-state index is 12.5. The molecule has 0 aliphatic carbocycles. The van der Waals surface area contributed by atoms with Crippen LogP contribution in [0.3, 0.4) is 0 Å². The van der Waals surface area contributed by atoms with Gasteiger partial charge < -0.3 is 14.6 Å². The Morgan fingerprint density at radius 2 is 1.63 bits per heavy atom. The van der Waals surface area contributed by atoms with Crippen LogP contribution in [0.25, 0.3) is 22.3 Å². The molecule has 4 heterocycles. The highest BCUT2D eigenvalue weighted by Crippen LogP contribution is 2.43. The maximum atomic E-state index is 12.5. The molecule has 1 N–H and O–H groups in total. The Bertz CT molecular complexity index is 1280. The molecule has 8 heteroatoms. The number of H-pyrrole nitrogens is 1. The molecule has 1 amide bonds. The Morgan fingerprint density at radius 3 is 2.24 bits per heavy atom. The molecule has 2 saturated heterocycles. The van der Waals surface area contributed by atoms with Crippen LogP contribution in [-0.4, -0.2) is 68.2 Å². The minimum atomic E-state index is -0.441. The fraction of sp³-hybridized carbons (Fsp3) is 0.567. The molecule has 2 aliphatic heterocycles. The number of amides is 1. The normalized spacial score (nSPS) is 18.7. The van der Waals surface area contributed by atoms with Crippen LogP contribution >= 0.6 is 11.6 Å². The summed E-state index contributed by atoms with van der Waals surface area (Å²) >= 11 is 6.22. The first-order valence-electron chi connectivity index (χ1n) is 13.7. The number of hydrogen-bond donors (Lipinski definition) is 1. The maximum Gasteiger partial charge on any atom is 0.410 e. The molecular formula is C30H40ClN5O2. The Labute approximate surface area is 230 Å². The molecule has 204 valence electrons. The molecule has 0 radical (unpaired) electrons. The van der Waals surface area contributed by atoms with Gasteiger partial charge in [0, 0.05) is 24.3 Å². The predicted molar refractivity (Wildman–Crippen MR) is 152 cm³/mol. The van der Waals surface area contributed by atoms with Gasteiger partial charge in [-0.3, -0.25) is 4.90 Å². The summed E-state index contributed by atoms with van der Waals surface area (Å²) in [5.74, 6) is 0. The van der Waals surface area contributed by atoms with Crippen molar-refractivity contribution in [3.05, 3.63) is 47.4 Å². The number of piperidine rings is 2. The lowest BCUT2D eigenvalue weighted by Gasteiger charge is -2.50. The van der Waals surface area contributed by atoms with E-state index in [4.69, 9.17) is 16.3 Å². The highest BCUT2D eigenvalue weighted by molar-refractivity contribution is 6.34. The topological polar surface area (TPSA) is 74.3 Å². The first-order valence-corrected chi connectivity index (χ1v) is 14.1. The lowest BCUT2D eigenvalue weighted by molar-refractivity contribution is -0.0161. The molecule has 1 aromatic carbocycles. The van der Waals surface area contributed by atoms with Crippen molar-refractivity contribution in [3.8, 4) is 11.3 Å². The van der Waals surface area contributed by atoms with E-state index in [9.17, 15) is 4.79 Å². The number of nitrogens with zero attached hydrogens (tertiary/aromatic N) is 4. The minimum Gasteiger partial charge on any atom is -0.444 e. The molecule has 5 rings (SSSR count). The van der Waals surface area contributed by atoms with Gasteiger partial charge in [-0.2, -0.15) is 0 Å². The molecule has 1 spiro atoms. The standard InChI is InChI=1S/C30H40ClN5O2/c1-28(2,3)38-27(37)35-14-10-30(11-15-35)12-16-36(17-13-30)29(4,5)19-21-6-8-22(9-7-21)24-18-23-25(31)32-20-33-26(23)34-24/h6-9,18,20H,10-17,19H2,1-5H3,(H,32,33,34). The third-order valence-corrected chi connectivity index (χ3v) is 8.74. The molecule has 38 heavy (non-hydrogen) atoms. The summed E-state index contributed by atoms with van der Waals surface area (Å²) in [6.45, 7) is 14.3. The van der Waals surface area contributed by atoms with Crippen LogP contribution in [-0.2, 0) is 11.2 Å². The van der Waals surface area contributed by atoms with Crippen molar-refractivity contribution < 1.29 is 9.53 Å². The smallest absolute Gasteiger partial charge is 0.410 e. The lowest BCUT2D eigenvalue weighted by Crippen LogP contribution is -2.54. The molecule has 0 saturated carbocycles. The third kappa shape index (κ3) is 5.84. The van der Waals surface area contributed by atoms with Crippen molar-refractivity contribution in [2.75, 3.05) is 26.2 Å². The van der Waals surface area contributed by atoms with Crippen LogP contribution in [0.4, 0.5) is 4.79 Å². The number of halogens is 1. The van der Waals surface area contributed by atoms with Crippen molar-refractivity contribution in [1.29, 1.82) is 0 Å². The van der Waals surface area contributed by atoms with Gasteiger partial charge >= 0.3 is 6.09 Å². The number of carbonyl (C=O) groups excluding carboxylic acids is 1. The van der Waals surface area contributed by atoms with E-state index in [1.54, 1.807) is 0 Å². The summed E-state index contributed by atoms with van der Waals surface area (Å²) in [5.41, 5.74) is 4.18. The molecule has 3 aromatic rings. The zero-order valence-corrected chi connectivity index (χ0v) is 24.1. The zero-order valence-electron chi connectivity index (χ0n) is 23.3. The quantitative estimate of drug-likeness (QED) is 0.374. The van der Waals surface area contributed by atoms with Crippen LogP contribution in [0.1, 0.15) is 65.9 Å². The van der Waals surface area contributed by atoms with E-state index in [0.29, 0.717) is 10.6 Å². The second-order valence-electron chi connectivity index (χ2n) is 12.8. The van der Waals surface area contributed by atoms with E-state index >= 15 is 0 Å². The number of nitrogens with one attached hydrogen (secondary N) is 1. The molecular weight excluding hydrogens is 498 g/mol. The molecule has 2 fully saturated rings. The van der Waals surface area contributed by atoms with Crippen LogP contribution in [0, 0.1) is 5.41 Å². The molecule has 2 aliphatic rings. The lowest BCUT2D eigenvalue weighted by atomic mass is 9.70. The van der Waals surface area contributed by atoms with Crippen LogP contribution in [0.5, 0.6) is 0 Å². The van der Waals surface area contributed by atoms with Crippen LogP contribution < -0.4 is 0 Å². The van der Waals surface area contributed by atoms with Gasteiger partial charge in [0.15, 0.2) is 0 Å². The second kappa shape index (κ2) is 10.2. The number of benzene rings is 1. The molecule has 7 nitrogen and oxygen atoms in total. The van der Waals surface area contributed by atoms with Gasteiger partial charge in [0.05, 0.1) is 5.39 Å². The van der Waals surface area contributed by atoms with Gasteiger partial charge in [0.2, 0.25) is 0 Å². The highest BCUT2D eigenvalue weighted by atomic mass is 35.5. The number of rotatable bonds is 4. The van der Waals surface area contributed by atoms with Crippen LogP contribution in [0.15, 0.2) is 36.7 Å². The summed E-state index contributed by atoms with van der Waals surface area (Å²) in [5, 5.41) is 1.31.